The van der Waals surface area contributed by atoms with Crippen LogP contribution < -0.4 is 17.0 Å². The van der Waals surface area contributed by atoms with Gasteiger partial charge in [-0.15, -0.1) is 0 Å². The topological polar surface area (TPSA) is 129 Å². The van der Waals surface area contributed by atoms with Crippen LogP contribution in [0.4, 0.5) is 5.69 Å². The molecule has 9 nitrogen and oxygen atoms in total. The van der Waals surface area contributed by atoms with Crippen molar-refractivity contribution in [2.45, 2.75) is 13.0 Å². The summed E-state index contributed by atoms with van der Waals surface area (Å²) >= 11 is 2.92. The van der Waals surface area contributed by atoms with E-state index in [1.165, 1.54) is 0 Å². The van der Waals surface area contributed by atoms with E-state index in [-0.39, 0.29) is 23.1 Å². The Hall–Kier alpha value is -1.78. The Balaban J connectivity index is 2.91. The molecule has 0 aromatic carbocycles. The molecule has 98 valence electrons. The molecule has 0 radical (unpaired) electrons. The van der Waals surface area contributed by atoms with Crippen LogP contribution in [0.2, 0.25) is 0 Å². The highest BCUT2D eigenvalue weighted by Gasteiger charge is 2.13. The number of pyridine rings is 1. The predicted octanol–water partition coefficient (Wildman–Crippen LogP) is -0.169. The Labute approximate surface area is 109 Å². The first-order chi connectivity index (χ1) is 8.45. The summed E-state index contributed by atoms with van der Waals surface area (Å²) in [5.41, 5.74) is 0.970. The molecule has 0 amide bonds. The summed E-state index contributed by atoms with van der Waals surface area (Å²) in [5.74, 6) is 4.07. The average molecular weight is 321 g/mol. The number of hydrogen-bond acceptors (Lipinski definition) is 7. The summed E-state index contributed by atoms with van der Waals surface area (Å²) in [6, 6.07) is 1.10. The number of hydrazine groups is 1. The Bertz CT molecular complexity index is 529. The van der Waals surface area contributed by atoms with E-state index in [2.05, 4.69) is 20.8 Å². The molecule has 0 spiro atoms. The molecule has 0 saturated carbocycles. The van der Waals surface area contributed by atoms with Crippen LogP contribution in [0.1, 0.15) is 6.42 Å². The smallest absolute Gasteiger partial charge is 0.328 e. The van der Waals surface area contributed by atoms with E-state index in [9.17, 15) is 19.7 Å². The van der Waals surface area contributed by atoms with Gasteiger partial charge < -0.3 is 9.40 Å². The second-order valence-corrected chi connectivity index (χ2v) is 4.00. The number of carbonyl (C=O) groups is 1. The molecular weight excluding hydrogens is 312 g/mol. The molecule has 0 aliphatic rings. The van der Waals surface area contributed by atoms with Crippen molar-refractivity contribution in [1.82, 2.24) is 10.2 Å². The van der Waals surface area contributed by atoms with Crippen molar-refractivity contribution in [3.05, 3.63) is 37.2 Å². The lowest BCUT2D eigenvalue weighted by molar-refractivity contribution is -0.385. The third-order valence-electron chi connectivity index (χ3n) is 1.97. The molecule has 0 saturated heterocycles. The van der Waals surface area contributed by atoms with Gasteiger partial charge in [0.1, 0.15) is 0 Å². The molecule has 0 bridgehead atoms. The molecule has 18 heavy (non-hydrogen) atoms. The minimum absolute atomic E-state index is 0.0435. The van der Waals surface area contributed by atoms with E-state index in [0.717, 1.165) is 16.8 Å². The molecule has 0 unspecified atom stereocenters. The minimum Gasteiger partial charge on any atom is -0.356 e. The van der Waals surface area contributed by atoms with Gasteiger partial charge in [0.25, 0.3) is 11.2 Å². The first-order valence-corrected chi connectivity index (χ1v) is 5.44. The van der Waals surface area contributed by atoms with Crippen LogP contribution in [0, 0.1) is 10.1 Å². The Kier molecular flexibility index (Phi) is 4.95. The summed E-state index contributed by atoms with van der Waals surface area (Å²) < 4.78 is 1.09. The van der Waals surface area contributed by atoms with Gasteiger partial charge in [0, 0.05) is 12.6 Å². The lowest BCUT2D eigenvalue weighted by atomic mass is 10.3. The summed E-state index contributed by atoms with van der Waals surface area (Å²) in [6.07, 6.45) is 0.897. The molecule has 10 heteroatoms. The van der Waals surface area contributed by atoms with Gasteiger partial charge in [0.05, 0.1) is 22.0 Å². The maximum absolute atomic E-state index is 11.6. The van der Waals surface area contributed by atoms with Crippen LogP contribution in [0.5, 0.6) is 0 Å². The molecule has 0 atom stereocenters. The number of aromatic nitrogens is 1. The van der Waals surface area contributed by atoms with Crippen molar-refractivity contribution >= 4 is 27.6 Å². The number of nitrogens with zero attached hydrogens (tertiary/aromatic N) is 2. The molecule has 3 N–H and O–H groups in total. The van der Waals surface area contributed by atoms with E-state index < -0.39 is 16.5 Å². The van der Waals surface area contributed by atoms with Gasteiger partial charge in [0.2, 0.25) is 0 Å². The highest BCUT2D eigenvalue weighted by atomic mass is 79.9. The van der Waals surface area contributed by atoms with Gasteiger partial charge in [-0.05, 0) is 15.9 Å². The van der Waals surface area contributed by atoms with E-state index >= 15 is 0 Å². The number of rotatable bonds is 5. The molecule has 0 aliphatic carbocycles. The van der Waals surface area contributed by atoms with Crippen LogP contribution in [0.25, 0.3) is 0 Å². The third kappa shape index (κ3) is 3.61. The fourth-order valence-electron chi connectivity index (χ4n) is 1.18. The van der Waals surface area contributed by atoms with E-state index in [1.807, 2.05) is 0 Å². The van der Waals surface area contributed by atoms with E-state index in [4.69, 9.17) is 5.84 Å². The van der Waals surface area contributed by atoms with Gasteiger partial charge in [-0.2, -0.15) is 0 Å². The molecule has 1 aromatic heterocycles. The number of nitrogens with one attached hydrogen (secondary N) is 1. The summed E-state index contributed by atoms with van der Waals surface area (Å²) in [7, 11) is 0. The molecule has 1 aromatic rings. The normalized spacial score (nSPS) is 10.1. The second kappa shape index (κ2) is 6.23. The fraction of sp³-hybridized carbons (Fsp3) is 0.250. The number of nitro groups is 1. The number of hydrogen-bond donors (Lipinski definition) is 2. The van der Waals surface area contributed by atoms with E-state index in [0.29, 0.717) is 0 Å². The zero-order valence-corrected chi connectivity index (χ0v) is 10.5. The van der Waals surface area contributed by atoms with Gasteiger partial charge in [-0.25, -0.2) is 5.84 Å². The number of halogens is 1. The summed E-state index contributed by atoms with van der Waals surface area (Å²) in [4.78, 5) is 36.8. The molecule has 0 aliphatic heterocycles. The monoisotopic (exact) mass is 320 g/mol. The van der Waals surface area contributed by atoms with Gasteiger partial charge in [-0.3, -0.25) is 19.7 Å². The first kappa shape index (κ1) is 14.3. The van der Waals surface area contributed by atoms with Crippen LogP contribution in [0.15, 0.2) is 21.5 Å². The Morgan fingerprint density at radius 1 is 1.67 bits per heavy atom. The van der Waals surface area contributed by atoms with Crippen LogP contribution in [0.3, 0.4) is 0 Å². The van der Waals surface area contributed by atoms with Crippen molar-refractivity contribution in [2.24, 2.45) is 5.84 Å². The second-order valence-electron chi connectivity index (χ2n) is 3.14. The third-order valence-corrected chi connectivity index (χ3v) is 2.54. The number of nitrogens with two attached hydrogens (primary N) is 1. The Morgan fingerprint density at radius 2 is 2.33 bits per heavy atom. The molecular formula is C8H9BrN4O5. The van der Waals surface area contributed by atoms with Crippen molar-refractivity contribution in [3.63, 3.8) is 0 Å². The van der Waals surface area contributed by atoms with Crippen LogP contribution in [-0.2, 0) is 16.2 Å². The van der Waals surface area contributed by atoms with Crippen molar-refractivity contribution in [2.75, 3.05) is 0 Å². The van der Waals surface area contributed by atoms with Gasteiger partial charge >= 0.3 is 5.97 Å². The highest BCUT2D eigenvalue weighted by molar-refractivity contribution is 9.10. The zero-order chi connectivity index (χ0) is 13.7. The SMILES string of the molecule is NNOC(=O)CCn1cc([N+](=O)[O-])cc(Br)c1=O. The zero-order valence-electron chi connectivity index (χ0n) is 8.96. The van der Waals surface area contributed by atoms with Gasteiger partial charge in [-0.1, -0.05) is 5.59 Å². The molecule has 1 heterocycles. The van der Waals surface area contributed by atoms with Crippen molar-refractivity contribution in [3.8, 4) is 0 Å². The predicted molar refractivity (Wildman–Crippen MR) is 63.1 cm³/mol. The summed E-state index contributed by atoms with van der Waals surface area (Å²) in [6.45, 7) is -0.0559. The number of aryl methyl sites for hydroxylation is 1. The highest BCUT2D eigenvalue weighted by Crippen LogP contribution is 2.14. The van der Waals surface area contributed by atoms with Crippen molar-refractivity contribution < 1.29 is 14.6 Å². The van der Waals surface area contributed by atoms with Crippen LogP contribution >= 0.6 is 15.9 Å². The van der Waals surface area contributed by atoms with Crippen LogP contribution in [-0.4, -0.2) is 15.5 Å². The van der Waals surface area contributed by atoms with Crippen molar-refractivity contribution in [1.29, 1.82) is 0 Å². The molecule has 0 fully saturated rings. The largest absolute Gasteiger partial charge is 0.356 e. The lowest BCUT2D eigenvalue weighted by Gasteiger charge is -2.05. The standard InChI is InChI=1S/C8H9BrN4O5/c9-6-3-5(13(16)17)4-12(8(6)15)2-1-7(14)18-11-10/h3-4,11H,1-2,10H2. The number of carbonyl (C=O) groups excluding carboxylic acids is 1. The van der Waals surface area contributed by atoms with Gasteiger partial charge in [0.15, 0.2) is 0 Å². The Morgan fingerprint density at radius 3 is 2.89 bits per heavy atom. The fourth-order valence-corrected chi connectivity index (χ4v) is 1.64. The minimum atomic E-state index is -0.688. The maximum Gasteiger partial charge on any atom is 0.328 e. The quantitative estimate of drug-likeness (QED) is 0.437. The molecule has 1 rings (SSSR count). The average Bonchev–Trinajstić information content (AvgIpc) is 2.31. The first-order valence-electron chi connectivity index (χ1n) is 4.65. The summed E-state index contributed by atoms with van der Waals surface area (Å²) in [5, 5.41) is 10.6. The maximum atomic E-state index is 11.6. The van der Waals surface area contributed by atoms with E-state index in [1.54, 1.807) is 5.59 Å². The lowest BCUT2D eigenvalue weighted by Crippen LogP contribution is -2.28.